The molecule has 0 heterocycles. The lowest BCUT2D eigenvalue weighted by molar-refractivity contribution is 0.0827. The fraction of sp³-hybridized carbons (Fsp3) is 0.125. The second-order valence-electron chi connectivity index (χ2n) is 5.12. The Bertz CT molecular complexity index is 888. The predicted octanol–water partition coefficient (Wildman–Crippen LogP) is 4.88. The summed E-state index contributed by atoms with van der Waals surface area (Å²) in [4.78, 5) is 25.6. The molecule has 0 aromatic heterocycles. The van der Waals surface area contributed by atoms with E-state index in [-0.39, 0.29) is 0 Å². The van der Waals surface area contributed by atoms with Gasteiger partial charge in [-0.15, -0.1) is 0 Å². The van der Waals surface area contributed by atoms with Crippen LogP contribution in [0.1, 0.15) is 10.4 Å². The molecule has 0 aliphatic carbocycles. The normalized spacial score (nSPS) is 10.6. The van der Waals surface area contributed by atoms with E-state index in [2.05, 4.69) is 0 Å². The number of imide groups is 1. The smallest absolute Gasteiger partial charge is 0.294 e. The lowest BCUT2D eigenvalue weighted by Crippen LogP contribution is -2.43. The van der Waals surface area contributed by atoms with Gasteiger partial charge >= 0.3 is 6.03 Å². The Labute approximate surface area is 155 Å². The van der Waals surface area contributed by atoms with Crippen LogP contribution in [0.4, 0.5) is 28.0 Å². The maximum absolute atomic E-state index is 14.1. The van der Waals surface area contributed by atoms with Crippen LogP contribution in [-0.2, 0) is 0 Å². The molecule has 0 spiro atoms. The number of anilines is 1. The molecule has 0 unspecified atom stereocenters. The van der Waals surface area contributed by atoms with Crippen molar-refractivity contribution in [3.8, 4) is 0 Å². The molecule has 2 aromatic rings. The minimum Gasteiger partial charge on any atom is -0.294 e. The van der Waals surface area contributed by atoms with Gasteiger partial charge in [-0.25, -0.2) is 22.4 Å². The fourth-order valence-corrected chi connectivity index (χ4v) is 2.53. The molecule has 0 aliphatic heterocycles. The van der Waals surface area contributed by atoms with Gasteiger partial charge in [-0.05, 0) is 18.2 Å². The van der Waals surface area contributed by atoms with Gasteiger partial charge in [0.25, 0.3) is 5.91 Å². The summed E-state index contributed by atoms with van der Waals surface area (Å²) in [6.45, 7) is 0. The van der Waals surface area contributed by atoms with Gasteiger partial charge < -0.3 is 0 Å². The molecular weight excluding hydrogens is 399 g/mol. The van der Waals surface area contributed by atoms with E-state index in [4.69, 9.17) is 23.2 Å². The third-order valence-electron chi connectivity index (χ3n) is 3.50. The zero-order valence-electron chi connectivity index (χ0n) is 13.3. The van der Waals surface area contributed by atoms with Crippen LogP contribution in [0.2, 0.25) is 10.0 Å². The molecule has 10 heteroatoms. The van der Waals surface area contributed by atoms with Crippen LogP contribution in [0.25, 0.3) is 0 Å². The molecule has 3 amide bonds. The quantitative estimate of drug-likeness (QED) is 0.403. The maximum atomic E-state index is 14.1. The summed E-state index contributed by atoms with van der Waals surface area (Å²) in [5.41, 5.74) is -1.48. The first-order chi connectivity index (χ1) is 12.1. The van der Waals surface area contributed by atoms with E-state index in [0.717, 1.165) is 38.4 Å². The average Bonchev–Trinajstić information content (AvgIpc) is 2.60. The highest BCUT2D eigenvalue weighted by molar-refractivity contribution is 6.35. The van der Waals surface area contributed by atoms with Crippen LogP contribution in [-0.4, -0.2) is 30.9 Å². The summed E-state index contributed by atoms with van der Waals surface area (Å²) in [5, 5.41) is -1.50. The Morgan fingerprint density at radius 1 is 0.962 bits per heavy atom. The molecule has 0 saturated carbocycles. The van der Waals surface area contributed by atoms with E-state index in [0.29, 0.717) is 9.80 Å². The number of hydrogen-bond donors (Lipinski definition) is 0. The molecule has 0 N–H and O–H groups in total. The Morgan fingerprint density at radius 3 is 2.04 bits per heavy atom. The van der Waals surface area contributed by atoms with Crippen molar-refractivity contribution in [2.24, 2.45) is 0 Å². The number of urea groups is 1. The van der Waals surface area contributed by atoms with Gasteiger partial charge in [0.1, 0.15) is 22.2 Å². The molecule has 4 nitrogen and oxygen atoms in total. The molecule has 0 aliphatic rings. The van der Waals surface area contributed by atoms with Gasteiger partial charge in [-0.3, -0.25) is 14.6 Å². The summed E-state index contributed by atoms with van der Waals surface area (Å²) in [5.74, 6) is -6.14. The number of benzene rings is 2. The van der Waals surface area contributed by atoms with Crippen LogP contribution in [0.15, 0.2) is 24.3 Å². The van der Waals surface area contributed by atoms with Crippen LogP contribution < -0.4 is 4.90 Å². The molecule has 0 saturated heterocycles. The van der Waals surface area contributed by atoms with Crippen LogP contribution in [0, 0.1) is 23.3 Å². The minimum absolute atomic E-state index is 0.367. The molecule has 2 aromatic carbocycles. The average molecular weight is 409 g/mol. The third-order valence-corrected chi connectivity index (χ3v) is 4.11. The Hall–Kier alpha value is -2.32. The summed E-state index contributed by atoms with van der Waals surface area (Å²) < 4.78 is 55.0. The number of nitrogens with zero attached hydrogens (tertiary/aromatic N) is 2. The SMILES string of the molecule is CN(C(=O)c1c(F)cccc1F)C(=O)N(C)c1cc(Cl)c(F)c(Cl)c1F. The van der Waals surface area contributed by atoms with Crippen molar-refractivity contribution in [2.45, 2.75) is 0 Å². The van der Waals surface area contributed by atoms with Gasteiger partial charge in [0, 0.05) is 14.1 Å². The highest BCUT2D eigenvalue weighted by Crippen LogP contribution is 2.33. The van der Waals surface area contributed by atoms with Crippen molar-refractivity contribution >= 4 is 40.8 Å². The van der Waals surface area contributed by atoms with Crippen molar-refractivity contribution in [1.29, 1.82) is 0 Å². The van der Waals surface area contributed by atoms with Gasteiger partial charge in [0.2, 0.25) is 0 Å². The minimum atomic E-state index is -1.29. The van der Waals surface area contributed by atoms with Gasteiger partial charge in [0.05, 0.1) is 10.7 Å². The Kier molecular flexibility index (Phi) is 5.77. The zero-order valence-corrected chi connectivity index (χ0v) is 14.8. The highest BCUT2D eigenvalue weighted by atomic mass is 35.5. The molecule has 26 heavy (non-hydrogen) atoms. The van der Waals surface area contributed by atoms with E-state index < -0.39 is 56.5 Å². The van der Waals surface area contributed by atoms with Crippen LogP contribution in [0.5, 0.6) is 0 Å². The number of carbonyl (C=O) groups excluding carboxylic acids is 2. The van der Waals surface area contributed by atoms with Gasteiger partial charge in [-0.2, -0.15) is 0 Å². The first-order valence-electron chi connectivity index (χ1n) is 6.90. The van der Waals surface area contributed by atoms with Crippen LogP contribution in [0.3, 0.4) is 0 Å². The monoisotopic (exact) mass is 408 g/mol. The number of halogens is 6. The molecule has 0 atom stereocenters. The van der Waals surface area contributed by atoms with Gasteiger partial charge in [-0.1, -0.05) is 29.3 Å². The number of rotatable bonds is 2. The topological polar surface area (TPSA) is 40.6 Å². The summed E-state index contributed by atoms with van der Waals surface area (Å²) in [6.07, 6.45) is 0. The molecule has 0 radical (unpaired) electrons. The molecule has 2 rings (SSSR count). The number of amides is 3. The van der Waals surface area contributed by atoms with Crippen molar-refractivity contribution in [3.05, 3.63) is 63.1 Å². The van der Waals surface area contributed by atoms with E-state index in [1.165, 1.54) is 0 Å². The third kappa shape index (κ3) is 3.47. The number of carbonyl (C=O) groups is 2. The van der Waals surface area contributed by atoms with E-state index in [1.54, 1.807) is 0 Å². The van der Waals surface area contributed by atoms with Crippen molar-refractivity contribution in [1.82, 2.24) is 4.90 Å². The largest absolute Gasteiger partial charge is 0.331 e. The van der Waals surface area contributed by atoms with Crippen LogP contribution >= 0.6 is 23.2 Å². The maximum Gasteiger partial charge on any atom is 0.331 e. The summed E-state index contributed by atoms with van der Waals surface area (Å²) in [7, 11) is 1.99. The van der Waals surface area contributed by atoms with E-state index in [1.807, 2.05) is 0 Å². The zero-order chi connectivity index (χ0) is 19.8. The molecule has 0 fully saturated rings. The van der Waals surface area contributed by atoms with Crippen molar-refractivity contribution < 1.29 is 27.2 Å². The number of hydrogen-bond acceptors (Lipinski definition) is 2. The summed E-state index contributed by atoms with van der Waals surface area (Å²) >= 11 is 11.0. The predicted molar refractivity (Wildman–Crippen MR) is 88.6 cm³/mol. The fourth-order valence-electron chi connectivity index (χ4n) is 2.09. The Balaban J connectivity index is 2.38. The van der Waals surface area contributed by atoms with E-state index >= 15 is 0 Å². The first-order valence-corrected chi connectivity index (χ1v) is 7.66. The first kappa shape index (κ1) is 20.0. The molecule has 138 valence electrons. The second-order valence-corrected chi connectivity index (χ2v) is 5.91. The molecule has 0 bridgehead atoms. The Morgan fingerprint density at radius 2 is 1.50 bits per heavy atom. The standard InChI is InChI=1S/C16H10Cl2F4N2O2/c1-23(10-6-7(17)13(21)12(18)14(10)22)16(26)24(2)15(25)11-8(19)4-3-5-9(11)20/h3-6H,1-2H3. The highest BCUT2D eigenvalue weighted by Gasteiger charge is 2.29. The van der Waals surface area contributed by atoms with E-state index in [9.17, 15) is 27.2 Å². The van der Waals surface area contributed by atoms with Gasteiger partial charge in [0.15, 0.2) is 11.6 Å². The summed E-state index contributed by atoms with van der Waals surface area (Å²) in [6, 6.07) is 2.37. The lowest BCUT2D eigenvalue weighted by Gasteiger charge is -2.24. The molecular formula is C16H10Cl2F4N2O2. The van der Waals surface area contributed by atoms with Crippen molar-refractivity contribution in [2.75, 3.05) is 19.0 Å². The second kappa shape index (κ2) is 7.51. The lowest BCUT2D eigenvalue weighted by atomic mass is 10.1. The van der Waals surface area contributed by atoms with Crippen molar-refractivity contribution in [3.63, 3.8) is 0 Å².